The summed E-state index contributed by atoms with van der Waals surface area (Å²) in [5.41, 5.74) is 2.90. The number of hydrogen-bond acceptors (Lipinski definition) is 5. The Balaban J connectivity index is 3.43. The van der Waals surface area contributed by atoms with Gasteiger partial charge in [-0.3, -0.25) is 0 Å². The molecule has 0 spiro atoms. The summed E-state index contributed by atoms with van der Waals surface area (Å²) in [7, 11) is 0.893. The lowest BCUT2D eigenvalue weighted by molar-refractivity contribution is -0.276. The van der Waals surface area contributed by atoms with Crippen molar-refractivity contribution in [3.8, 4) is 5.88 Å². The molecule has 0 radical (unpaired) electrons. The quantitative estimate of drug-likeness (QED) is 0.681. The van der Waals surface area contributed by atoms with E-state index in [4.69, 9.17) is 5.73 Å². The standard InChI is InChI=1S/C10H9F5N2O3/c1-19-9(18)4-2-6(20-10(13,14)15)17-5(3-16)7(4)8(11)12/h2,8H,3,16H2,1H3. The number of esters is 1. The van der Waals surface area contributed by atoms with Crippen LogP contribution >= 0.6 is 0 Å². The van der Waals surface area contributed by atoms with Gasteiger partial charge in [0, 0.05) is 12.6 Å². The van der Waals surface area contributed by atoms with E-state index >= 15 is 0 Å². The Bertz CT molecular complexity index is 504. The van der Waals surface area contributed by atoms with Gasteiger partial charge >= 0.3 is 12.3 Å². The van der Waals surface area contributed by atoms with Crippen molar-refractivity contribution in [3.63, 3.8) is 0 Å². The van der Waals surface area contributed by atoms with E-state index in [1.807, 2.05) is 0 Å². The van der Waals surface area contributed by atoms with Gasteiger partial charge in [-0.15, -0.1) is 13.2 Å². The SMILES string of the molecule is COC(=O)c1cc(OC(F)(F)F)nc(CN)c1C(F)F. The summed E-state index contributed by atoms with van der Waals surface area (Å²) < 4.78 is 69.8. The van der Waals surface area contributed by atoms with Crippen LogP contribution in [0.4, 0.5) is 22.0 Å². The fourth-order valence-electron chi connectivity index (χ4n) is 1.43. The first-order valence-electron chi connectivity index (χ1n) is 5.05. The zero-order chi connectivity index (χ0) is 15.5. The molecule has 1 rings (SSSR count). The molecule has 2 N–H and O–H groups in total. The van der Waals surface area contributed by atoms with Crippen molar-refractivity contribution in [3.05, 3.63) is 22.9 Å². The monoisotopic (exact) mass is 300 g/mol. The molecule has 0 aliphatic carbocycles. The summed E-state index contributed by atoms with van der Waals surface area (Å²) in [6, 6.07) is 0.431. The molecule has 0 bridgehead atoms. The highest BCUT2D eigenvalue weighted by molar-refractivity contribution is 5.91. The fourth-order valence-corrected chi connectivity index (χ4v) is 1.43. The van der Waals surface area contributed by atoms with Crippen LogP contribution in [0.15, 0.2) is 6.07 Å². The largest absolute Gasteiger partial charge is 0.574 e. The number of methoxy groups -OCH3 is 1. The van der Waals surface area contributed by atoms with E-state index in [0.29, 0.717) is 6.07 Å². The molecule has 0 aliphatic heterocycles. The first kappa shape index (κ1) is 16.1. The lowest BCUT2D eigenvalue weighted by atomic mass is 10.1. The Labute approximate surface area is 109 Å². The smallest absolute Gasteiger partial charge is 0.465 e. The molecule has 0 saturated carbocycles. The van der Waals surface area contributed by atoms with Crippen molar-refractivity contribution in [2.75, 3.05) is 7.11 Å². The molecular weight excluding hydrogens is 291 g/mol. The summed E-state index contributed by atoms with van der Waals surface area (Å²) in [5.74, 6) is -2.31. The van der Waals surface area contributed by atoms with Crippen molar-refractivity contribution in [1.82, 2.24) is 4.98 Å². The maximum Gasteiger partial charge on any atom is 0.574 e. The number of nitrogens with zero attached hydrogens (tertiary/aromatic N) is 1. The third-order valence-corrected chi connectivity index (χ3v) is 2.15. The molecule has 0 aliphatic rings. The Hall–Kier alpha value is -1.97. The zero-order valence-corrected chi connectivity index (χ0v) is 10.0. The van der Waals surface area contributed by atoms with Crippen LogP contribution in [-0.4, -0.2) is 24.4 Å². The molecule has 0 aromatic carbocycles. The number of hydrogen-bond donors (Lipinski definition) is 1. The summed E-state index contributed by atoms with van der Waals surface area (Å²) in [6.45, 7) is -0.598. The van der Waals surface area contributed by atoms with Gasteiger partial charge in [-0.05, 0) is 0 Å². The second-order valence-corrected chi connectivity index (χ2v) is 3.41. The summed E-state index contributed by atoms with van der Waals surface area (Å²) in [4.78, 5) is 14.6. The minimum Gasteiger partial charge on any atom is -0.465 e. The molecule has 0 unspecified atom stereocenters. The van der Waals surface area contributed by atoms with Gasteiger partial charge in [0.05, 0.1) is 23.9 Å². The molecular formula is C10H9F5N2O3. The Kier molecular flexibility index (Phi) is 4.82. The van der Waals surface area contributed by atoms with Crippen LogP contribution in [-0.2, 0) is 11.3 Å². The normalized spacial score (nSPS) is 11.6. The predicted molar refractivity (Wildman–Crippen MR) is 55.1 cm³/mol. The van der Waals surface area contributed by atoms with Crippen LogP contribution in [0, 0.1) is 0 Å². The van der Waals surface area contributed by atoms with Crippen LogP contribution in [0.3, 0.4) is 0 Å². The summed E-state index contributed by atoms with van der Waals surface area (Å²) in [5, 5.41) is 0. The highest BCUT2D eigenvalue weighted by Gasteiger charge is 2.34. The second kappa shape index (κ2) is 5.99. The van der Waals surface area contributed by atoms with E-state index in [2.05, 4.69) is 14.5 Å². The van der Waals surface area contributed by atoms with Crippen molar-refractivity contribution < 1.29 is 36.2 Å². The topological polar surface area (TPSA) is 74.4 Å². The lowest BCUT2D eigenvalue weighted by Gasteiger charge is -2.14. The van der Waals surface area contributed by atoms with E-state index in [9.17, 15) is 26.7 Å². The van der Waals surface area contributed by atoms with E-state index in [1.165, 1.54) is 0 Å². The summed E-state index contributed by atoms with van der Waals surface area (Å²) in [6.07, 6.45) is -8.24. The van der Waals surface area contributed by atoms with Gasteiger partial charge in [0.2, 0.25) is 5.88 Å². The number of halogens is 5. The minimum absolute atomic E-state index is 0.431. The van der Waals surface area contributed by atoms with Gasteiger partial charge in [0.25, 0.3) is 6.43 Å². The Morgan fingerprint density at radius 1 is 1.45 bits per heavy atom. The van der Waals surface area contributed by atoms with Gasteiger partial charge in [0.15, 0.2) is 0 Å². The van der Waals surface area contributed by atoms with Gasteiger partial charge in [0.1, 0.15) is 0 Å². The lowest BCUT2D eigenvalue weighted by Crippen LogP contribution is -2.20. The minimum atomic E-state index is -5.08. The van der Waals surface area contributed by atoms with E-state index in [-0.39, 0.29) is 0 Å². The predicted octanol–water partition coefficient (Wildman–Crippen LogP) is 2.16. The highest BCUT2D eigenvalue weighted by Crippen LogP contribution is 2.31. The third kappa shape index (κ3) is 3.76. The number of aromatic nitrogens is 1. The number of carbonyl (C=O) groups excluding carboxylic acids is 1. The molecule has 1 aromatic heterocycles. The summed E-state index contributed by atoms with van der Waals surface area (Å²) >= 11 is 0. The molecule has 112 valence electrons. The fraction of sp³-hybridized carbons (Fsp3) is 0.400. The first-order chi connectivity index (χ1) is 9.19. The van der Waals surface area contributed by atoms with Gasteiger partial charge in [-0.2, -0.15) is 0 Å². The number of alkyl halides is 5. The zero-order valence-electron chi connectivity index (χ0n) is 10.0. The molecule has 20 heavy (non-hydrogen) atoms. The van der Waals surface area contributed by atoms with Crippen LogP contribution in [0.25, 0.3) is 0 Å². The number of rotatable bonds is 4. The maximum absolute atomic E-state index is 12.9. The van der Waals surface area contributed by atoms with Gasteiger partial charge in [-0.1, -0.05) is 0 Å². The molecule has 5 nitrogen and oxygen atoms in total. The second-order valence-electron chi connectivity index (χ2n) is 3.41. The maximum atomic E-state index is 12.9. The number of ether oxygens (including phenoxy) is 2. The van der Waals surface area contributed by atoms with Gasteiger partial charge < -0.3 is 15.2 Å². The molecule has 1 heterocycles. The Morgan fingerprint density at radius 2 is 2.05 bits per heavy atom. The average molecular weight is 300 g/mol. The van der Waals surface area contributed by atoms with E-state index < -0.39 is 48.0 Å². The van der Waals surface area contributed by atoms with Gasteiger partial charge in [-0.25, -0.2) is 18.6 Å². The van der Waals surface area contributed by atoms with Crippen molar-refractivity contribution >= 4 is 5.97 Å². The van der Waals surface area contributed by atoms with E-state index in [1.54, 1.807) is 0 Å². The van der Waals surface area contributed by atoms with Crippen LogP contribution < -0.4 is 10.5 Å². The van der Waals surface area contributed by atoms with Crippen LogP contribution in [0.5, 0.6) is 5.88 Å². The third-order valence-electron chi connectivity index (χ3n) is 2.15. The molecule has 0 fully saturated rings. The average Bonchev–Trinajstić information content (AvgIpc) is 2.34. The first-order valence-corrected chi connectivity index (χ1v) is 5.05. The van der Waals surface area contributed by atoms with Crippen molar-refractivity contribution in [2.45, 2.75) is 19.3 Å². The van der Waals surface area contributed by atoms with E-state index in [0.717, 1.165) is 7.11 Å². The molecule has 1 aromatic rings. The highest BCUT2D eigenvalue weighted by atomic mass is 19.4. The molecule has 0 amide bonds. The number of nitrogens with two attached hydrogens (primary N) is 1. The Morgan fingerprint density at radius 3 is 2.45 bits per heavy atom. The van der Waals surface area contributed by atoms with Crippen LogP contribution in [0.2, 0.25) is 0 Å². The molecule has 0 saturated heterocycles. The molecule has 10 heteroatoms. The number of carbonyl (C=O) groups is 1. The number of pyridine rings is 1. The molecule has 0 atom stereocenters. The van der Waals surface area contributed by atoms with Crippen LogP contribution in [0.1, 0.15) is 28.0 Å². The van der Waals surface area contributed by atoms with Crippen molar-refractivity contribution in [2.24, 2.45) is 5.73 Å². The van der Waals surface area contributed by atoms with Crippen molar-refractivity contribution in [1.29, 1.82) is 0 Å².